The van der Waals surface area contributed by atoms with E-state index in [-0.39, 0.29) is 0 Å². The van der Waals surface area contributed by atoms with Gasteiger partial charge in [-0.05, 0) is 52.5 Å². The van der Waals surface area contributed by atoms with Crippen molar-refractivity contribution < 1.29 is 0 Å². The van der Waals surface area contributed by atoms with E-state index in [1.165, 1.54) is 25.8 Å². The smallest absolute Gasteiger partial charge is 0.0158 e. The monoisotopic (exact) mass is 213 g/mol. The second-order valence-electron chi connectivity index (χ2n) is 5.86. The van der Waals surface area contributed by atoms with E-state index in [0.29, 0.717) is 11.6 Å². The molecule has 0 rings (SSSR count). The van der Waals surface area contributed by atoms with E-state index in [4.69, 9.17) is 0 Å². The van der Waals surface area contributed by atoms with E-state index < -0.39 is 0 Å². The molecule has 0 aliphatic carbocycles. The second kappa shape index (κ2) is 6.52. The van der Waals surface area contributed by atoms with Gasteiger partial charge in [-0.3, -0.25) is 4.90 Å². The van der Waals surface area contributed by atoms with Crippen molar-refractivity contribution in [3.05, 3.63) is 0 Å². The Bertz CT molecular complexity index is 161. The third-order valence-corrected chi connectivity index (χ3v) is 3.27. The van der Waals surface area contributed by atoms with Crippen LogP contribution in [0.5, 0.6) is 0 Å². The molecule has 0 amide bonds. The Hall–Kier alpha value is -0.0400. The predicted octanol–water partition coefficient (Wildman–Crippen LogP) is 4.32. The number of hydrogen-bond acceptors (Lipinski definition) is 1. The summed E-state index contributed by atoms with van der Waals surface area (Å²) >= 11 is 0. The van der Waals surface area contributed by atoms with Gasteiger partial charge in [-0.2, -0.15) is 0 Å². The molecule has 0 aromatic carbocycles. The largest absolute Gasteiger partial charge is 0.296 e. The standard InChI is InChI=1S/C14H31N/c1-8-10-15(13(5)9-2)14(6,7)11-12(3)4/h12-13H,8-11H2,1-7H3. The molecule has 1 nitrogen and oxygen atoms in total. The van der Waals surface area contributed by atoms with Gasteiger partial charge in [0.05, 0.1) is 0 Å². The zero-order valence-corrected chi connectivity index (χ0v) is 11.9. The Morgan fingerprint density at radius 2 is 1.60 bits per heavy atom. The van der Waals surface area contributed by atoms with Crippen molar-refractivity contribution >= 4 is 0 Å². The summed E-state index contributed by atoms with van der Waals surface area (Å²) in [4.78, 5) is 2.69. The summed E-state index contributed by atoms with van der Waals surface area (Å²) in [6, 6.07) is 0.707. The molecule has 15 heavy (non-hydrogen) atoms. The van der Waals surface area contributed by atoms with Crippen LogP contribution in [0.4, 0.5) is 0 Å². The SMILES string of the molecule is CCCN(C(C)CC)C(C)(C)CC(C)C. The highest BCUT2D eigenvalue weighted by atomic mass is 15.2. The molecule has 0 spiro atoms. The van der Waals surface area contributed by atoms with E-state index in [0.717, 1.165) is 5.92 Å². The van der Waals surface area contributed by atoms with Crippen molar-refractivity contribution in [2.24, 2.45) is 5.92 Å². The zero-order chi connectivity index (χ0) is 12.1. The average molecular weight is 213 g/mol. The molecule has 0 radical (unpaired) electrons. The fourth-order valence-electron chi connectivity index (χ4n) is 2.70. The highest BCUT2D eigenvalue weighted by Crippen LogP contribution is 2.26. The Morgan fingerprint density at radius 3 is 1.93 bits per heavy atom. The molecule has 1 unspecified atom stereocenters. The molecule has 0 aliphatic heterocycles. The molecule has 1 heteroatoms. The van der Waals surface area contributed by atoms with Crippen molar-refractivity contribution in [1.82, 2.24) is 4.90 Å². The molecule has 0 aliphatic rings. The van der Waals surface area contributed by atoms with Crippen molar-refractivity contribution in [2.45, 2.75) is 79.3 Å². The van der Waals surface area contributed by atoms with Gasteiger partial charge >= 0.3 is 0 Å². The first kappa shape index (κ1) is 15.0. The molecule has 0 saturated carbocycles. The Morgan fingerprint density at radius 1 is 1.07 bits per heavy atom. The van der Waals surface area contributed by atoms with Crippen molar-refractivity contribution in [3.8, 4) is 0 Å². The first-order valence-electron chi connectivity index (χ1n) is 6.61. The lowest BCUT2D eigenvalue weighted by atomic mass is 9.89. The third kappa shape index (κ3) is 5.01. The van der Waals surface area contributed by atoms with Crippen LogP contribution < -0.4 is 0 Å². The molecule has 1 atom stereocenters. The first-order valence-corrected chi connectivity index (χ1v) is 6.61. The van der Waals surface area contributed by atoms with Gasteiger partial charge in [0, 0.05) is 11.6 Å². The fourth-order valence-corrected chi connectivity index (χ4v) is 2.70. The van der Waals surface area contributed by atoms with Crippen LogP contribution in [0.1, 0.15) is 67.7 Å². The van der Waals surface area contributed by atoms with E-state index >= 15 is 0 Å². The molecule has 0 saturated heterocycles. The zero-order valence-electron chi connectivity index (χ0n) is 11.9. The van der Waals surface area contributed by atoms with Crippen LogP contribution in [0.3, 0.4) is 0 Å². The fraction of sp³-hybridized carbons (Fsp3) is 1.00. The van der Waals surface area contributed by atoms with Crippen molar-refractivity contribution in [1.29, 1.82) is 0 Å². The van der Waals surface area contributed by atoms with E-state index in [2.05, 4.69) is 53.4 Å². The molecule has 0 N–H and O–H groups in total. The number of nitrogens with zero attached hydrogens (tertiary/aromatic N) is 1. The highest BCUT2D eigenvalue weighted by molar-refractivity contribution is 4.85. The molecular formula is C14H31N. The van der Waals surface area contributed by atoms with Crippen LogP contribution in [-0.4, -0.2) is 23.0 Å². The van der Waals surface area contributed by atoms with Crippen molar-refractivity contribution in [2.75, 3.05) is 6.54 Å². The highest BCUT2D eigenvalue weighted by Gasteiger charge is 2.29. The molecule has 0 bridgehead atoms. The van der Waals surface area contributed by atoms with Gasteiger partial charge in [0.1, 0.15) is 0 Å². The minimum atomic E-state index is 0.347. The normalized spacial score (nSPS) is 15.0. The predicted molar refractivity (Wildman–Crippen MR) is 70.3 cm³/mol. The van der Waals surface area contributed by atoms with E-state index in [9.17, 15) is 0 Å². The minimum absolute atomic E-state index is 0.347. The van der Waals surface area contributed by atoms with Crippen LogP contribution >= 0.6 is 0 Å². The third-order valence-electron chi connectivity index (χ3n) is 3.27. The van der Waals surface area contributed by atoms with Crippen LogP contribution in [0.2, 0.25) is 0 Å². The van der Waals surface area contributed by atoms with E-state index in [1.54, 1.807) is 0 Å². The van der Waals surface area contributed by atoms with Gasteiger partial charge in [-0.25, -0.2) is 0 Å². The summed E-state index contributed by atoms with van der Waals surface area (Å²) in [6.07, 6.45) is 3.80. The first-order chi connectivity index (χ1) is 6.85. The van der Waals surface area contributed by atoms with Gasteiger partial charge in [0.15, 0.2) is 0 Å². The Kier molecular flexibility index (Phi) is 6.51. The molecule has 0 aromatic rings. The quantitative estimate of drug-likeness (QED) is 0.609. The van der Waals surface area contributed by atoms with Crippen LogP contribution in [0.25, 0.3) is 0 Å². The summed E-state index contributed by atoms with van der Waals surface area (Å²) < 4.78 is 0. The second-order valence-corrected chi connectivity index (χ2v) is 5.86. The lowest BCUT2D eigenvalue weighted by Crippen LogP contribution is -2.49. The van der Waals surface area contributed by atoms with Crippen molar-refractivity contribution in [3.63, 3.8) is 0 Å². The molecule has 0 heterocycles. The van der Waals surface area contributed by atoms with Gasteiger partial charge < -0.3 is 0 Å². The van der Waals surface area contributed by atoms with Gasteiger partial charge in [0.2, 0.25) is 0 Å². The van der Waals surface area contributed by atoms with Gasteiger partial charge in [-0.15, -0.1) is 0 Å². The lowest BCUT2D eigenvalue weighted by Gasteiger charge is -2.43. The van der Waals surface area contributed by atoms with Crippen LogP contribution in [0.15, 0.2) is 0 Å². The summed E-state index contributed by atoms with van der Waals surface area (Å²) in [7, 11) is 0. The summed E-state index contributed by atoms with van der Waals surface area (Å²) in [5, 5.41) is 0. The summed E-state index contributed by atoms with van der Waals surface area (Å²) in [5.74, 6) is 0.781. The van der Waals surface area contributed by atoms with E-state index in [1.807, 2.05) is 0 Å². The van der Waals surface area contributed by atoms with Crippen LogP contribution in [-0.2, 0) is 0 Å². The maximum absolute atomic E-state index is 2.69. The summed E-state index contributed by atoms with van der Waals surface area (Å²) in [5.41, 5.74) is 0.347. The Balaban J connectivity index is 4.56. The van der Waals surface area contributed by atoms with Gasteiger partial charge in [0.25, 0.3) is 0 Å². The summed E-state index contributed by atoms with van der Waals surface area (Å²) in [6.45, 7) is 17.6. The minimum Gasteiger partial charge on any atom is -0.296 e. The maximum Gasteiger partial charge on any atom is 0.0158 e. The maximum atomic E-state index is 2.69. The van der Waals surface area contributed by atoms with Gasteiger partial charge in [-0.1, -0.05) is 27.7 Å². The molecule has 0 aromatic heterocycles. The molecule has 92 valence electrons. The molecular weight excluding hydrogens is 182 g/mol. The lowest BCUT2D eigenvalue weighted by molar-refractivity contribution is 0.0574. The van der Waals surface area contributed by atoms with Crippen LogP contribution in [0, 0.1) is 5.92 Å². The number of rotatable bonds is 7. The Labute approximate surface area is 97.2 Å². The topological polar surface area (TPSA) is 3.24 Å². The number of hydrogen-bond donors (Lipinski definition) is 0. The molecule has 0 fully saturated rings. The average Bonchev–Trinajstić information content (AvgIpc) is 2.10.